The van der Waals surface area contributed by atoms with Gasteiger partial charge in [-0.3, -0.25) is 14.3 Å². The summed E-state index contributed by atoms with van der Waals surface area (Å²) in [6.07, 6.45) is 2.20. The molecular weight excluding hydrogens is 433 g/mol. The van der Waals surface area contributed by atoms with Gasteiger partial charge in [0.15, 0.2) is 0 Å². The molecule has 0 atom stereocenters. The van der Waals surface area contributed by atoms with Gasteiger partial charge >= 0.3 is 0 Å². The summed E-state index contributed by atoms with van der Waals surface area (Å²) in [7, 11) is -4.02. The lowest BCUT2D eigenvalue weighted by Crippen LogP contribution is -2.32. The average molecular weight is 454 g/mol. The van der Waals surface area contributed by atoms with Gasteiger partial charge in [0.05, 0.1) is 15.6 Å². The van der Waals surface area contributed by atoms with E-state index in [1.165, 1.54) is 18.2 Å². The highest BCUT2D eigenvalue weighted by atomic mass is 35.5. The van der Waals surface area contributed by atoms with Crippen LogP contribution in [0.3, 0.4) is 0 Å². The van der Waals surface area contributed by atoms with E-state index < -0.39 is 21.7 Å². The molecule has 160 valence electrons. The molecule has 0 aromatic heterocycles. The van der Waals surface area contributed by atoms with Crippen LogP contribution in [-0.2, 0) is 14.8 Å². The SMILES string of the molecule is O=C(NCCC(=O)N1CCCC1)c1ccc(Cl)c(NS(=O)(=O)c2ccc(F)cc2)c1. The van der Waals surface area contributed by atoms with E-state index in [1.807, 2.05) is 0 Å². The third kappa shape index (κ3) is 5.48. The summed E-state index contributed by atoms with van der Waals surface area (Å²) in [4.78, 5) is 26.0. The largest absolute Gasteiger partial charge is 0.352 e. The number of amides is 2. The standard InChI is InChI=1S/C20H21ClFN3O4S/c21-17-8-3-14(20(27)23-10-9-19(26)25-11-1-2-12-25)13-18(17)24-30(28,29)16-6-4-15(22)5-7-16/h3-8,13,24H,1-2,9-12H2,(H,23,27). The van der Waals surface area contributed by atoms with Gasteiger partial charge in [0.1, 0.15) is 5.82 Å². The van der Waals surface area contributed by atoms with E-state index in [1.54, 1.807) is 4.90 Å². The van der Waals surface area contributed by atoms with Crippen molar-refractivity contribution in [1.29, 1.82) is 0 Å². The number of anilines is 1. The first-order valence-corrected chi connectivity index (χ1v) is 11.3. The number of likely N-dealkylation sites (tertiary alicyclic amines) is 1. The van der Waals surface area contributed by atoms with Gasteiger partial charge in [-0.25, -0.2) is 12.8 Å². The van der Waals surface area contributed by atoms with E-state index in [9.17, 15) is 22.4 Å². The fraction of sp³-hybridized carbons (Fsp3) is 0.300. The number of carbonyl (C=O) groups is 2. The summed E-state index contributed by atoms with van der Waals surface area (Å²) in [6, 6.07) is 8.47. The van der Waals surface area contributed by atoms with Crippen LogP contribution in [0.25, 0.3) is 0 Å². The zero-order chi connectivity index (χ0) is 21.7. The second-order valence-electron chi connectivity index (χ2n) is 6.85. The molecule has 1 aliphatic rings. The zero-order valence-corrected chi connectivity index (χ0v) is 17.6. The monoisotopic (exact) mass is 453 g/mol. The molecule has 0 saturated carbocycles. The van der Waals surface area contributed by atoms with Crippen LogP contribution in [-0.4, -0.2) is 44.8 Å². The first-order valence-electron chi connectivity index (χ1n) is 9.40. The summed E-state index contributed by atoms with van der Waals surface area (Å²) in [6.45, 7) is 1.68. The second-order valence-corrected chi connectivity index (χ2v) is 8.94. The maximum atomic E-state index is 13.0. The van der Waals surface area contributed by atoms with Crippen molar-refractivity contribution in [2.75, 3.05) is 24.4 Å². The predicted octanol–water partition coefficient (Wildman–Crippen LogP) is 3.02. The minimum absolute atomic E-state index is 0.00310. The minimum atomic E-state index is -4.02. The summed E-state index contributed by atoms with van der Waals surface area (Å²) in [5.41, 5.74) is 0.201. The quantitative estimate of drug-likeness (QED) is 0.673. The van der Waals surface area contributed by atoms with E-state index in [-0.39, 0.29) is 40.0 Å². The minimum Gasteiger partial charge on any atom is -0.352 e. The van der Waals surface area contributed by atoms with Crippen LogP contribution >= 0.6 is 11.6 Å². The molecule has 0 spiro atoms. The molecule has 7 nitrogen and oxygen atoms in total. The Labute approximate surface area is 179 Å². The van der Waals surface area contributed by atoms with Gasteiger partial charge in [-0.2, -0.15) is 0 Å². The third-order valence-corrected chi connectivity index (χ3v) is 6.39. The molecule has 0 aliphatic carbocycles. The molecule has 1 aliphatic heterocycles. The topological polar surface area (TPSA) is 95.6 Å². The van der Waals surface area contributed by atoms with Crippen LogP contribution in [0.4, 0.5) is 10.1 Å². The Bertz CT molecular complexity index is 1040. The highest BCUT2D eigenvalue weighted by Gasteiger charge is 2.19. The van der Waals surface area contributed by atoms with Crippen LogP contribution in [0.15, 0.2) is 47.4 Å². The Hall–Kier alpha value is -2.65. The molecule has 1 heterocycles. The van der Waals surface area contributed by atoms with Crippen molar-refractivity contribution in [2.24, 2.45) is 0 Å². The number of rotatable bonds is 7. The Morgan fingerprint density at radius 2 is 1.73 bits per heavy atom. The van der Waals surface area contributed by atoms with Gasteiger partial charge in [0, 0.05) is 31.6 Å². The number of hydrogen-bond acceptors (Lipinski definition) is 4. The number of nitrogens with one attached hydrogen (secondary N) is 2. The predicted molar refractivity (Wildman–Crippen MR) is 111 cm³/mol. The van der Waals surface area contributed by atoms with Crippen LogP contribution in [0.1, 0.15) is 29.6 Å². The molecule has 0 bridgehead atoms. The van der Waals surface area contributed by atoms with Crippen molar-refractivity contribution in [2.45, 2.75) is 24.2 Å². The summed E-state index contributed by atoms with van der Waals surface area (Å²) in [5, 5.41) is 2.75. The van der Waals surface area contributed by atoms with Crippen molar-refractivity contribution in [3.63, 3.8) is 0 Å². The van der Waals surface area contributed by atoms with Crippen LogP contribution in [0.5, 0.6) is 0 Å². The van der Waals surface area contributed by atoms with E-state index >= 15 is 0 Å². The van der Waals surface area contributed by atoms with Gasteiger partial charge in [-0.1, -0.05) is 11.6 Å². The molecule has 30 heavy (non-hydrogen) atoms. The second kappa shape index (κ2) is 9.44. The van der Waals surface area contributed by atoms with Crippen molar-refractivity contribution in [1.82, 2.24) is 10.2 Å². The Kier molecular flexibility index (Phi) is 6.94. The molecular formula is C20H21ClFN3O4S. The number of benzene rings is 2. The van der Waals surface area contributed by atoms with E-state index in [0.717, 1.165) is 50.2 Å². The summed E-state index contributed by atoms with van der Waals surface area (Å²) < 4.78 is 40.3. The first kappa shape index (κ1) is 22.0. The van der Waals surface area contributed by atoms with Gasteiger partial charge in [-0.05, 0) is 55.3 Å². The molecule has 3 rings (SSSR count). The molecule has 2 aromatic carbocycles. The number of sulfonamides is 1. The lowest BCUT2D eigenvalue weighted by atomic mass is 10.2. The number of nitrogens with zero attached hydrogens (tertiary/aromatic N) is 1. The lowest BCUT2D eigenvalue weighted by Gasteiger charge is -2.15. The van der Waals surface area contributed by atoms with Crippen LogP contribution in [0.2, 0.25) is 5.02 Å². The van der Waals surface area contributed by atoms with Crippen molar-refractivity contribution < 1.29 is 22.4 Å². The molecule has 1 fully saturated rings. The third-order valence-electron chi connectivity index (χ3n) is 4.68. The van der Waals surface area contributed by atoms with E-state index in [2.05, 4.69) is 10.0 Å². The maximum Gasteiger partial charge on any atom is 0.261 e. The molecule has 2 aromatic rings. The van der Waals surface area contributed by atoms with Crippen molar-refractivity contribution in [3.8, 4) is 0 Å². The van der Waals surface area contributed by atoms with E-state index in [0.29, 0.717) is 0 Å². The van der Waals surface area contributed by atoms with Crippen LogP contribution in [0, 0.1) is 5.82 Å². The Morgan fingerprint density at radius 3 is 2.40 bits per heavy atom. The lowest BCUT2D eigenvalue weighted by molar-refractivity contribution is -0.129. The normalized spacial score (nSPS) is 13.9. The van der Waals surface area contributed by atoms with Crippen molar-refractivity contribution >= 4 is 39.1 Å². The van der Waals surface area contributed by atoms with Crippen LogP contribution < -0.4 is 10.0 Å². The zero-order valence-electron chi connectivity index (χ0n) is 16.0. The first-order chi connectivity index (χ1) is 14.3. The van der Waals surface area contributed by atoms with E-state index in [4.69, 9.17) is 11.6 Å². The number of halogens is 2. The molecule has 2 N–H and O–H groups in total. The molecule has 0 unspecified atom stereocenters. The van der Waals surface area contributed by atoms with Gasteiger partial charge < -0.3 is 10.2 Å². The molecule has 2 amide bonds. The summed E-state index contributed by atoms with van der Waals surface area (Å²) in [5.74, 6) is -1.02. The van der Waals surface area contributed by atoms with Gasteiger partial charge in [0.25, 0.3) is 15.9 Å². The van der Waals surface area contributed by atoms with Gasteiger partial charge in [0.2, 0.25) is 5.91 Å². The maximum absolute atomic E-state index is 13.0. The smallest absolute Gasteiger partial charge is 0.261 e. The Balaban J connectivity index is 1.64. The van der Waals surface area contributed by atoms with Gasteiger partial charge in [-0.15, -0.1) is 0 Å². The highest BCUT2D eigenvalue weighted by Crippen LogP contribution is 2.26. The summed E-state index contributed by atoms with van der Waals surface area (Å²) >= 11 is 6.07. The highest BCUT2D eigenvalue weighted by molar-refractivity contribution is 7.92. The molecule has 10 heteroatoms. The Morgan fingerprint density at radius 1 is 1.07 bits per heavy atom. The average Bonchev–Trinajstić information content (AvgIpc) is 3.24. The number of hydrogen-bond donors (Lipinski definition) is 2. The fourth-order valence-electron chi connectivity index (χ4n) is 3.07. The van der Waals surface area contributed by atoms with Crippen molar-refractivity contribution in [3.05, 3.63) is 58.9 Å². The molecule has 0 radical (unpaired) electrons. The number of carbonyl (C=O) groups excluding carboxylic acids is 2. The molecule has 1 saturated heterocycles. The fourth-order valence-corrected chi connectivity index (χ4v) is 4.36.